The van der Waals surface area contributed by atoms with Gasteiger partial charge in [-0.05, 0) is 48.2 Å². The topological polar surface area (TPSA) is 132 Å². The van der Waals surface area contributed by atoms with Crippen LogP contribution in [0.2, 0.25) is 10.0 Å². The van der Waals surface area contributed by atoms with Crippen molar-refractivity contribution in [1.29, 1.82) is 0 Å². The Morgan fingerprint density at radius 1 is 1.12 bits per heavy atom. The minimum atomic E-state index is -3.63. The Labute approximate surface area is 258 Å². The lowest BCUT2D eigenvalue weighted by Crippen LogP contribution is -2.59. The van der Waals surface area contributed by atoms with Gasteiger partial charge in [-0.2, -0.15) is 4.73 Å². The lowest BCUT2D eigenvalue weighted by molar-refractivity contribution is -0.618. The molecule has 2 heterocycles. The van der Waals surface area contributed by atoms with E-state index in [1.807, 2.05) is 0 Å². The summed E-state index contributed by atoms with van der Waals surface area (Å²) >= 11 is 12.9. The highest BCUT2D eigenvalue weighted by atomic mass is 35.5. The Balaban J connectivity index is 1.58. The maximum atomic E-state index is 14.3. The molecule has 228 valence electrons. The first-order chi connectivity index (χ1) is 20.4. The van der Waals surface area contributed by atoms with Crippen molar-refractivity contribution in [3.8, 4) is 0 Å². The van der Waals surface area contributed by atoms with Crippen LogP contribution >= 0.6 is 23.2 Å². The van der Waals surface area contributed by atoms with Crippen molar-refractivity contribution in [1.82, 2.24) is 15.1 Å². The fourth-order valence-corrected chi connectivity index (χ4v) is 7.32. The number of nitrogens with zero attached hydrogens (tertiary/aromatic N) is 2. The van der Waals surface area contributed by atoms with E-state index in [-0.39, 0.29) is 28.8 Å². The molecule has 0 radical (unpaired) electrons. The number of sulfonamides is 1. The van der Waals surface area contributed by atoms with Gasteiger partial charge in [0.25, 0.3) is 11.8 Å². The third-order valence-electron chi connectivity index (χ3n) is 7.74. The first-order valence-corrected chi connectivity index (χ1v) is 16.2. The fourth-order valence-electron chi connectivity index (χ4n) is 5.97. The van der Waals surface area contributed by atoms with Gasteiger partial charge in [0.05, 0.1) is 18.2 Å². The molecule has 10 nitrogen and oxygen atoms in total. The van der Waals surface area contributed by atoms with Crippen LogP contribution in [0.25, 0.3) is 0 Å². The number of amides is 2. The summed E-state index contributed by atoms with van der Waals surface area (Å²) in [6.45, 7) is -0.359. The van der Waals surface area contributed by atoms with Crippen LogP contribution in [-0.4, -0.2) is 43.5 Å². The van der Waals surface area contributed by atoms with Crippen LogP contribution in [0.1, 0.15) is 64.8 Å². The molecule has 4 atom stereocenters. The summed E-state index contributed by atoms with van der Waals surface area (Å²) in [5, 5.41) is 12.6. The van der Waals surface area contributed by atoms with E-state index in [1.165, 1.54) is 12.1 Å². The summed E-state index contributed by atoms with van der Waals surface area (Å²) in [5.41, 5.74) is 3.59. The Bertz CT molecular complexity index is 1660. The zero-order valence-electron chi connectivity index (χ0n) is 23.0. The predicted molar refractivity (Wildman–Crippen MR) is 157 cm³/mol. The van der Waals surface area contributed by atoms with Gasteiger partial charge in [0.2, 0.25) is 21.9 Å². The monoisotopic (exact) mass is 650 g/mol. The number of carbonyl (C=O) groups is 2. The van der Waals surface area contributed by atoms with Gasteiger partial charge in [-0.25, -0.2) is 23.0 Å². The smallest absolute Gasteiger partial charge is 0.255 e. The number of halogens is 3. The van der Waals surface area contributed by atoms with Crippen molar-refractivity contribution in [2.75, 3.05) is 6.26 Å². The zero-order valence-corrected chi connectivity index (χ0v) is 25.3. The molecule has 1 aliphatic heterocycles. The van der Waals surface area contributed by atoms with Crippen LogP contribution in [0.15, 0.2) is 60.8 Å². The normalized spacial score (nSPS) is 22.2. The molecule has 0 bridgehead atoms. The number of benzene rings is 2. The molecule has 0 unspecified atom stereocenters. The van der Waals surface area contributed by atoms with E-state index in [0.717, 1.165) is 31.4 Å². The molecule has 43 heavy (non-hydrogen) atoms. The predicted octanol–water partition coefficient (Wildman–Crippen LogP) is 4.16. The number of rotatable bonds is 8. The van der Waals surface area contributed by atoms with E-state index >= 15 is 0 Å². The molecule has 1 aliphatic carbocycles. The maximum absolute atomic E-state index is 14.3. The second kappa shape index (κ2) is 12.7. The van der Waals surface area contributed by atoms with E-state index in [4.69, 9.17) is 28.0 Å². The van der Waals surface area contributed by atoms with E-state index in [2.05, 4.69) is 10.2 Å². The highest BCUT2D eigenvalue weighted by molar-refractivity contribution is 7.88. The van der Waals surface area contributed by atoms with Crippen molar-refractivity contribution >= 4 is 45.0 Å². The van der Waals surface area contributed by atoms with E-state index in [9.17, 15) is 27.6 Å². The molecule has 1 fully saturated rings. The summed E-state index contributed by atoms with van der Waals surface area (Å²) in [5.74, 6) is -2.78. The summed E-state index contributed by atoms with van der Waals surface area (Å²) in [6.07, 6.45) is 4.30. The van der Waals surface area contributed by atoms with Crippen LogP contribution in [0.4, 0.5) is 4.39 Å². The second-order valence-corrected chi connectivity index (χ2v) is 13.3. The molecule has 2 amide bonds. The molecule has 0 spiro atoms. The number of nitrogens with one attached hydrogen (secondary N) is 2. The van der Waals surface area contributed by atoms with E-state index in [1.54, 1.807) is 41.3 Å². The fraction of sp³-hybridized carbons (Fsp3) is 0.345. The molecular formula is C29H29Cl2FN4O6S. The Morgan fingerprint density at radius 3 is 2.58 bits per heavy atom. The van der Waals surface area contributed by atoms with E-state index < -0.39 is 45.8 Å². The number of carbonyl (C=O) groups excluding carboxylic acids is 2. The van der Waals surface area contributed by atoms with Crippen LogP contribution in [0.5, 0.6) is 0 Å². The Hall–Kier alpha value is -3.29. The third-order valence-corrected chi connectivity index (χ3v) is 9.04. The molecule has 1 aromatic heterocycles. The summed E-state index contributed by atoms with van der Waals surface area (Å²) in [6, 6.07) is 11.6. The lowest BCUT2D eigenvalue weighted by Gasteiger charge is -2.49. The second-order valence-electron chi connectivity index (χ2n) is 10.7. The molecule has 5 rings (SSSR count). The number of pyridine rings is 1. The number of aromatic nitrogens is 1. The van der Waals surface area contributed by atoms with Crippen LogP contribution < -0.4 is 14.9 Å². The van der Waals surface area contributed by atoms with Gasteiger partial charge in [0.15, 0.2) is 12.4 Å². The average molecular weight is 652 g/mol. The summed E-state index contributed by atoms with van der Waals surface area (Å²) in [7, 11) is -3.63. The van der Waals surface area contributed by atoms with Crippen LogP contribution in [0, 0.1) is 11.0 Å². The Kier molecular flexibility index (Phi) is 9.23. The quantitative estimate of drug-likeness (QED) is 0.214. The minimum absolute atomic E-state index is 0.0525. The molecule has 2 aliphatic rings. The van der Waals surface area contributed by atoms with Crippen LogP contribution in [-0.2, 0) is 26.3 Å². The number of hydrogen-bond donors (Lipinski definition) is 2. The summed E-state index contributed by atoms with van der Waals surface area (Å²) in [4.78, 5) is 35.2. The van der Waals surface area contributed by atoms with Crippen molar-refractivity contribution < 1.29 is 32.0 Å². The third kappa shape index (κ3) is 6.78. The van der Waals surface area contributed by atoms with Crippen LogP contribution in [0.3, 0.4) is 0 Å². The van der Waals surface area contributed by atoms with Gasteiger partial charge in [-0.3, -0.25) is 14.4 Å². The van der Waals surface area contributed by atoms with Crippen molar-refractivity contribution in [2.24, 2.45) is 0 Å². The molecule has 0 saturated heterocycles. The molecule has 2 N–H and O–H groups in total. The Morgan fingerprint density at radius 2 is 1.86 bits per heavy atom. The first-order valence-electron chi connectivity index (χ1n) is 13.6. The lowest BCUT2D eigenvalue weighted by atomic mass is 9.76. The van der Waals surface area contributed by atoms with Gasteiger partial charge in [0.1, 0.15) is 0 Å². The number of hydrogen-bond acceptors (Lipinski definition) is 6. The molecule has 1 saturated carbocycles. The molecule has 3 aromatic rings. The van der Waals surface area contributed by atoms with Gasteiger partial charge < -0.3 is 10.1 Å². The average Bonchev–Trinajstić information content (AvgIpc) is 2.94. The van der Waals surface area contributed by atoms with Gasteiger partial charge in [-0.1, -0.05) is 60.3 Å². The molecular weight excluding hydrogens is 622 g/mol. The van der Waals surface area contributed by atoms with Gasteiger partial charge >= 0.3 is 0 Å². The molecule has 2 aromatic carbocycles. The zero-order chi connectivity index (χ0) is 30.9. The summed E-state index contributed by atoms with van der Waals surface area (Å²) < 4.78 is 41.0. The first kappa shape index (κ1) is 31.1. The highest BCUT2D eigenvalue weighted by Crippen LogP contribution is 2.47. The van der Waals surface area contributed by atoms with Crippen molar-refractivity contribution in [3.63, 3.8) is 0 Å². The van der Waals surface area contributed by atoms with Crippen molar-refractivity contribution in [3.05, 3.63) is 104 Å². The maximum Gasteiger partial charge on any atom is 0.255 e. The largest absolute Gasteiger partial charge is 0.618 e. The SMILES string of the molecule is CS(=O)(=O)N[C@H]1CCCC[C@@H]1N1C(=O)c2ccccc2[C@@H](C(=O)NOCc2ccc(F)c[n+]2[O-])[C@@H]1c1ccc(Cl)cc1Cl. The molecule has 14 heteroatoms. The minimum Gasteiger partial charge on any atom is -0.618 e. The van der Waals surface area contributed by atoms with Gasteiger partial charge in [0, 0.05) is 33.8 Å². The van der Waals surface area contributed by atoms with Gasteiger partial charge in [-0.15, -0.1) is 0 Å². The van der Waals surface area contributed by atoms with E-state index in [0.29, 0.717) is 33.7 Å². The highest BCUT2D eigenvalue weighted by Gasteiger charge is 2.49. The number of fused-ring (bicyclic) bond motifs is 1. The van der Waals surface area contributed by atoms with Crippen molar-refractivity contribution in [2.45, 2.75) is 56.3 Å². The standard InChI is InChI=1S/C29H29Cl2FN4O6S/c1-43(40,41)34-24-8-4-5-9-25(24)36-27(22-13-10-17(30)14-23(22)31)26(20-6-2-3-7-21(20)29(36)38)28(37)33-42-16-19-12-11-18(32)15-35(19)39/h2-3,6-7,10-15,24-27,34H,4-5,8-9,16H2,1H3,(H,33,37)/t24-,25-,26+,27-/m0/s1. The number of hydroxylamine groups is 1.